The lowest BCUT2D eigenvalue weighted by atomic mass is 9.97. The normalized spacial score (nSPS) is 16.9. The number of carbonyl (C=O) groups excluding carboxylic acids is 1. The van der Waals surface area contributed by atoms with Crippen LogP contribution in [0.3, 0.4) is 0 Å². The number of benzene rings is 1. The van der Waals surface area contributed by atoms with Crippen LogP contribution in [0.2, 0.25) is 0 Å². The third-order valence-corrected chi connectivity index (χ3v) is 3.96. The van der Waals surface area contributed by atoms with E-state index < -0.39 is 0 Å². The van der Waals surface area contributed by atoms with E-state index in [1.165, 1.54) is 18.4 Å². The molecule has 116 valence electrons. The van der Waals surface area contributed by atoms with Gasteiger partial charge in [-0.05, 0) is 44.0 Å². The molecule has 0 spiro atoms. The lowest BCUT2D eigenvalue weighted by molar-refractivity contribution is -0.144. The van der Waals surface area contributed by atoms with Gasteiger partial charge in [0.05, 0.1) is 19.6 Å². The summed E-state index contributed by atoms with van der Waals surface area (Å²) >= 11 is 0. The minimum absolute atomic E-state index is 0.0953. The van der Waals surface area contributed by atoms with Crippen molar-refractivity contribution < 1.29 is 14.3 Å². The average Bonchev–Trinajstić information content (AvgIpc) is 3.00. The van der Waals surface area contributed by atoms with Gasteiger partial charge in [-0.15, -0.1) is 0 Å². The molecule has 1 aliphatic heterocycles. The maximum Gasteiger partial charge on any atom is 0.307 e. The lowest BCUT2D eigenvalue weighted by Gasteiger charge is -2.29. The van der Waals surface area contributed by atoms with Gasteiger partial charge in [-0.1, -0.05) is 24.3 Å². The fourth-order valence-electron chi connectivity index (χ4n) is 3.01. The molecule has 0 aliphatic carbocycles. The molecule has 4 nitrogen and oxygen atoms in total. The number of esters is 1. The Bertz CT molecular complexity index is 455. The summed E-state index contributed by atoms with van der Waals surface area (Å²) in [5.41, 5.74) is 2.34. The van der Waals surface area contributed by atoms with Crippen LogP contribution in [-0.4, -0.2) is 37.7 Å². The number of rotatable bonds is 7. The van der Waals surface area contributed by atoms with Gasteiger partial charge in [-0.25, -0.2) is 0 Å². The Labute approximate surface area is 127 Å². The summed E-state index contributed by atoms with van der Waals surface area (Å²) in [5, 5.41) is 0. The number of ether oxygens (including phenoxy) is 2. The van der Waals surface area contributed by atoms with E-state index in [4.69, 9.17) is 9.47 Å². The zero-order chi connectivity index (χ0) is 15.1. The van der Waals surface area contributed by atoms with Crippen LogP contribution in [0.15, 0.2) is 24.3 Å². The molecule has 0 bridgehead atoms. The van der Waals surface area contributed by atoms with Crippen molar-refractivity contribution in [1.29, 1.82) is 0 Å². The van der Waals surface area contributed by atoms with Gasteiger partial charge in [0.1, 0.15) is 0 Å². The smallest absolute Gasteiger partial charge is 0.307 e. The second-order valence-electron chi connectivity index (χ2n) is 5.40. The molecule has 1 heterocycles. The largest absolute Gasteiger partial charge is 0.466 e. The highest BCUT2D eigenvalue weighted by Gasteiger charge is 2.27. The Morgan fingerprint density at radius 1 is 1.29 bits per heavy atom. The van der Waals surface area contributed by atoms with E-state index >= 15 is 0 Å². The van der Waals surface area contributed by atoms with Crippen LogP contribution in [0.1, 0.15) is 43.4 Å². The molecule has 1 aromatic rings. The highest BCUT2D eigenvalue weighted by atomic mass is 16.5. The molecule has 0 amide bonds. The average molecular weight is 291 g/mol. The van der Waals surface area contributed by atoms with Crippen LogP contribution >= 0.6 is 0 Å². The van der Waals surface area contributed by atoms with Gasteiger partial charge in [-0.3, -0.25) is 9.69 Å². The molecule has 0 saturated carbocycles. The Kier molecular flexibility index (Phi) is 6.21. The maximum atomic E-state index is 12.0. The topological polar surface area (TPSA) is 38.8 Å². The third-order valence-electron chi connectivity index (χ3n) is 3.96. The monoisotopic (exact) mass is 291 g/mol. The number of methoxy groups -OCH3 is 1. The van der Waals surface area contributed by atoms with Crippen LogP contribution in [0.5, 0.6) is 0 Å². The fraction of sp³-hybridized carbons (Fsp3) is 0.588. The Morgan fingerprint density at radius 2 is 2.00 bits per heavy atom. The SMILES string of the molecule is CCOC(=O)CC(c1ccccc1COC)N1CCCC1. The van der Waals surface area contributed by atoms with Gasteiger partial charge in [0.15, 0.2) is 0 Å². The van der Waals surface area contributed by atoms with E-state index in [-0.39, 0.29) is 12.0 Å². The summed E-state index contributed by atoms with van der Waals surface area (Å²) in [4.78, 5) is 14.4. The molecular formula is C17H25NO3. The maximum absolute atomic E-state index is 12.0. The summed E-state index contributed by atoms with van der Waals surface area (Å²) in [5.74, 6) is -0.124. The molecule has 1 aromatic carbocycles. The van der Waals surface area contributed by atoms with Crippen LogP contribution in [0.4, 0.5) is 0 Å². The second-order valence-corrected chi connectivity index (χ2v) is 5.40. The first-order valence-electron chi connectivity index (χ1n) is 7.72. The molecule has 1 aliphatic rings. The van der Waals surface area contributed by atoms with Crippen LogP contribution < -0.4 is 0 Å². The Hall–Kier alpha value is -1.39. The summed E-state index contributed by atoms with van der Waals surface area (Å²) in [6.07, 6.45) is 2.81. The van der Waals surface area contributed by atoms with E-state index in [0.29, 0.717) is 19.6 Å². The molecular weight excluding hydrogens is 266 g/mol. The molecule has 1 fully saturated rings. The lowest BCUT2D eigenvalue weighted by Crippen LogP contribution is -2.29. The second kappa shape index (κ2) is 8.15. The van der Waals surface area contributed by atoms with Gasteiger partial charge in [0.25, 0.3) is 0 Å². The van der Waals surface area contributed by atoms with Crippen molar-refractivity contribution in [2.45, 2.75) is 38.8 Å². The molecule has 0 aromatic heterocycles. The minimum atomic E-state index is -0.124. The highest BCUT2D eigenvalue weighted by Crippen LogP contribution is 2.31. The van der Waals surface area contributed by atoms with Gasteiger partial charge in [0.2, 0.25) is 0 Å². The number of carbonyl (C=O) groups is 1. The van der Waals surface area contributed by atoms with Crippen molar-refractivity contribution in [3.05, 3.63) is 35.4 Å². The summed E-state index contributed by atoms with van der Waals surface area (Å²) in [6, 6.07) is 8.33. The number of hydrogen-bond acceptors (Lipinski definition) is 4. The molecule has 2 rings (SSSR count). The fourth-order valence-corrected chi connectivity index (χ4v) is 3.01. The van der Waals surface area contributed by atoms with Crippen molar-refractivity contribution in [1.82, 2.24) is 4.90 Å². The first kappa shape index (κ1) is 16.0. The Morgan fingerprint density at radius 3 is 2.67 bits per heavy atom. The first-order chi connectivity index (χ1) is 10.3. The standard InChI is InChI=1S/C17H25NO3/c1-3-21-17(19)12-16(18-10-6-7-11-18)15-9-5-4-8-14(15)13-20-2/h4-5,8-9,16H,3,6-7,10-13H2,1-2H3. The van der Waals surface area contributed by atoms with E-state index in [1.807, 2.05) is 19.1 Å². The minimum Gasteiger partial charge on any atom is -0.466 e. The van der Waals surface area contributed by atoms with Crippen LogP contribution in [0.25, 0.3) is 0 Å². The predicted molar refractivity (Wildman–Crippen MR) is 82.0 cm³/mol. The summed E-state index contributed by atoms with van der Waals surface area (Å²) < 4.78 is 10.5. The first-order valence-corrected chi connectivity index (χ1v) is 7.72. The van der Waals surface area contributed by atoms with Gasteiger partial charge >= 0.3 is 5.97 Å². The van der Waals surface area contributed by atoms with E-state index in [0.717, 1.165) is 18.7 Å². The van der Waals surface area contributed by atoms with Crippen molar-refractivity contribution in [2.24, 2.45) is 0 Å². The molecule has 0 N–H and O–H groups in total. The third kappa shape index (κ3) is 4.29. The van der Waals surface area contributed by atoms with Crippen LogP contribution in [-0.2, 0) is 20.9 Å². The van der Waals surface area contributed by atoms with Crippen molar-refractivity contribution in [3.63, 3.8) is 0 Å². The van der Waals surface area contributed by atoms with Crippen LogP contribution in [0, 0.1) is 0 Å². The van der Waals surface area contributed by atoms with Gasteiger partial charge < -0.3 is 9.47 Å². The highest BCUT2D eigenvalue weighted by molar-refractivity contribution is 5.70. The van der Waals surface area contributed by atoms with Gasteiger partial charge in [-0.2, -0.15) is 0 Å². The zero-order valence-electron chi connectivity index (χ0n) is 13.0. The van der Waals surface area contributed by atoms with Crippen molar-refractivity contribution in [3.8, 4) is 0 Å². The molecule has 1 unspecified atom stereocenters. The molecule has 21 heavy (non-hydrogen) atoms. The van der Waals surface area contributed by atoms with E-state index in [1.54, 1.807) is 7.11 Å². The molecule has 1 saturated heterocycles. The molecule has 1 atom stereocenters. The quantitative estimate of drug-likeness (QED) is 0.724. The molecule has 4 heteroatoms. The number of likely N-dealkylation sites (tertiary alicyclic amines) is 1. The zero-order valence-corrected chi connectivity index (χ0v) is 13.0. The Balaban J connectivity index is 2.23. The number of hydrogen-bond donors (Lipinski definition) is 0. The summed E-state index contributed by atoms with van der Waals surface area (Å²) in [7, 11) is 1.70. The number of nitrogens with zero attached hydrogens (tertiary/aromatic N) is 1. The van der Waals surface area contributed by atoms with Crippen molar-refractivity contribution >= 4 is 5.97 Å². The summed E-state index contributed by atoms with van der Waals surface area (Å²) in [6.45, 7) is 4.95. The predicted octanol–water partition coefficient (Wildman–Crippen LogP) is 2.92. The molecule has 0 radical (unpaired) electrons. The van der Waals surface area contributed by atoms with E-state index in [2.05, 4.69) is 17.0 Å². The van der Waals surface area contributed by atoms with Gasteiger partial charge in [0, 0.05) is 13.2 Å². The van der Waals surface area contributed by atoms with Crippen molar-refractivity contribution in [2.75, 3.05) is 26.8 Å². The van der Waals surface area contributed by atoms with E-state index in [9.17, 15) is 4.79 Å².